The molecule has 0 aliphatic heterocycles. The monoisotopic (exact) mass is 338 g/mol. The van der Waals surface area contributed by atoms with Gasteiger partial charge in [-0.1, -0.05) is 30.3 Å². The van der Waals surface area contributed by atoms with E-state index in [9.17, 15) is 9.59 Å². The molecule has 0 aliphatic carbocycles. The molecule has 0 radical (unpaired) electrons. The van der Waals surface area contributed by atoms with Crippen LogP contribution in [0.3, 0.4) is 0 Å². The highest BCUT2D eigenvalue weighted by atomic mass is 16.5. The quantitative estimate of drug-likeness (QED) is 0.666. The van der Waals surface area contributed by atoms with E-state index in [1.807, 2.05) is 18.2 Å². The summed E-state index contributed by atoms with van der Waals surface area (Å²) in [6.07, 6.45) is 1.34. The maximum absolute atomic E-state index is 13.0. The number of esters is 1. The third-order valence-corrected chi connectivity index (χ3v) is 3.97. The summed E-state index contributed by atoms with van der Waals surface area (Å²) in [5, 5.41) is 0.363. The predicted molar refractivity (Wildman–Crippen MR) is 94.0 cm³/mol. The van der Waals surface area contributed by atoms with Crippen molar-refractivity contribution in [3.8, 4) is 5.75 Å². The lowest BCUT2D eigenvalue weighted by Gasteiger charge is -2.16. The van der Waals surface area contributed by atoms with Crippen molar-refractivity contribution >= 4 is 16.9 Å². The number of benzene rings is 2. The molecule has 25 heavy (non-hydrogen) atoms. The number of carbonyl (C=O) groups excluding carboxylic acids is 1. The average Bonchev–Trinajstić information content (AvgIpc) is 2.65. The van der Waals surface area contributed by atoms with E-state index in [2.05, 4.69) is 0 Å². The van der Waals surface area contributed by atoms with E-state index in [0.717, 1.165) is 0 Å². The Kier molecular flexibility index (Phi) is 4.84. The zero-order valence-corrected chi connectivity index (χ0v) is 14.0. The van der Waals surface area contributed by atoms with Crippen molar-refractivity contribution in [3.63, 3.8) is 0 Å². The molecule has 1 aromatic heterocycles. The molecule has 0 unspecified atom stereocenters. The molecule has 0 aliphatic rings. The molecule has 0 spiro atoms. The lowest BCUT2D eigenvalue weighted by atomic mass is 9.91. The van der Waals surface area contributed by atoms with Crippen LogP contribution in [0.15, 0.2) is 64.0 Å². The van der Waals surface area contributed by atoms with Crippen LogP contribution in [0.4, 0.5) is 0 Å². The van der Waals surface area contributed by atoms with Gasteiger partial charge in [0.25, 0.3) is 0 Å². The Morgan fingerprint density at radius 2 is 1.92 bits per heavy atom. The summed E-state index contributed by atoms with van der Waals surface area (Å²) in [7, 11) is 1.53. The van der Waals surface area contributed by atoms with E-state index in [1.165, 1.54) is 13.4 Å². The Hall–Kier alpha value is -3.08. The highest BCUT2D eigenvalue weighted by Crippen LogP contribution is 2.27. The fourth-order valence-electron chi connectivity index (χ4n) is 2.77. The van der Waals surface area contributed by atoms with Gasteiger partial charge in [0.2, 0.25) is 0 Å². The predicted octanol–water partition coefficient (Wildman–Crippen LogP) is 3.50. The van der Waals surface area contributed by atoms with Crippen LogP contribution in [0.2, 0.25) is 0 Å². The molecule has 5 heteroatoms. The molecule has 0 fully saturated rings. The van der Waals surface area contributed by atoms with Gasteiger partial charge in [-0.15, -0.1) is 0 Å². The van der Waals surface area contributed by atoms with Crippen LogP contribution < -0.4 is 10.2 Å². The van der Waals surface area contributed by atoms with E-state index >= 15 is 0 Å². The standard InChI is InChI=1S/C20H18O5/c1-3-24-20(22)18(13-7-5-4-6-8-13)16-12-25-17-10-9-14(23-2)11-15(17)19(16)21/h4-12,18H,3H2,1-2H3/t18-/m1/s1. The number of hydrogen-bond donors (Lipinski definition) is 0. The number of methoxy groups -OCH3 is 1. The van der Waals surface area contributed by atoms with E-state index in [1.54, 1.807) is 37.3 Å². The first-order valence-electron chi connectivity index (χ1n) is 7.96. The lowest BCUT2D eigenvalue weighted by Crippen LogP contribution is -2.23. The molecule has 1 heterocycles. The molecule has 0 amide bonds. The smallest absolute Gasteiger partial charge is 0.318 e. The van der Waals surface area contributed by atoms with Gasteiger partial charge in [-0.3, -0.25) is 9.59 Å². The third-order valence-electron chi connectivity index (χ3n) is 3.97. The first-order valence-corrected chi connectivity index (χ1v) is 7.96. The number of fused-ring (bicyclic) bond motifs is 1. The van der Waals surface area contributed by atoms with Gasteiger partial charge < -0.3 is 13.9 Å². The molecule has 0 saturated heterocycles. The van der Waals surface area contributed by atoms with Crippen LogP contribution in [-0.4, -0.2) is 19.7 Å². The maximum atomic E-state index is 13.0. The summed E-state index contributed by atoms with van der Waals surface area (Å²) >= 11 is 0. The lowest BCUT2D eigenvalue weighted by molar-refractivity contribution is -0.143. The maximum Gasteiger partial charge on any atom is 0.318 e. The van der Waals surface area contributed by atoms with E-state index < -0.39 is 11.9 Å². The highest BCUT2D eigenvalue weighted by molar-refractivity contribution is 5.85. The highest BCUT2D eigenvalue weighted by Gasteiger charge is 2.28. The zero-order valence-electron chi connectivity index (χ0n) is 14.0. The second-order valence-electron chi connectivity index (χ2n) is 5.48. The first-order chi connectivity index (χ1) is 12.2. The summed E-state index contributed by atoms with van der Waals surface area (Å²) in [6.45, 7) is 1.96. The Bertz CT molecular complexity index is 943. The van der Waals surface area contributed by atoms with Crippen LogP contribution in [0.25, 0.3) is 11.0 Å². The molecule has 0 saturated carbocycles. The summed E-state index contributed by atoms with van der Waals surface area (Å²) in [5.74, 6) is -0.777. The fourth-order valence-corrected chi connectivity index (χ4v) is 2.77. The van der Waals surface area contributed by atoms with Crippen LogP contribution in [-0.2, 0) is 9.53 Å². The van der Waals surface area contributed by atoms with Gasteiger partial charge in [0.15, 0.2) is 5.43 Å². The SMILES string of the molecule is CCOC(=O)[C@H](c1ccccc1)c1coc2ccc(OC)cc2c1=O. The number of rotatable bonds is 5. The number of carbonyl (C=O) groups is 1. The van der Waals surface area contributed by atoms with E-state index in [0.29, 0.717) is 22.3 Å². The molecule has 0 N–H and O–H groups in total. The van der Waals surface area contributed by atoms with Crippen LogP contribution in [0, 0.1) is 0 Å². The first kappa shape index (κ1) is 16.8. The minimum Gasteiger partial charge on any atom is -0.497 e. The molecule has 128 valence electrons. The summed E-state index contributed by atoms with van der Waals surface area (Å²) in [4.78, 5) is 25.5. The van der Waals surface area contributed by atoms with Crippen LogP contribution in [0.5, 0.6) is 5.75 Å². The molecule has 2 aromatic carbocycles. The van der Waals surface area contributed by atoms with Crippen molar-refractivity contribution < 1.29 is 18.7 Å². The van der Waals surface area contributed by atoms with E-state index in [4.69, 9.17) is 13.9 Å². The zero-order chi connectivity index (χ0) is 17.8. The molecule has 5 nitrogen and oxygen atoms in total. The van der Waals surface area contributed by atoms with Gasteiger partial charge >= 0.3 is 5.97 Å². The second-order valence-corrected chi connectivity index (χ2v) is 5.48. The molecule has 0 bridgehead atoms. The van der Waals surface area contributed by atoms with Crippen LogP contribution in [0.1, 0.15) is 24.0 Å². The minimum absolute atomic E-state index is 0.231. The molecular weight excluding hydrogens is 320 g/mol. The van der Waals surface area contributed by atoms with Crippen molar-refractivity contribution in [2.24, 2.45) is 0 Å². The van der Waals surface area contributed by atoms with Gasteiger partial charge in [0.1, 0.15) is 17.3 Å². The van der Waals surface area contributed by atoms with Gasteiger partial charge in [0, 0.05) is 0 Å². The third kappa shape index (κ3) is 3.26. The summed E-state index contributed by atoms with van der Waals surface area (Å²) < 4.78 is 15.9. The Morgan fingerprint density at radius 1 is 1.16 bits per heavy atom. The normalized spacial score (nSPS) is 11.9. The average molecular weight is 338 g/mol. The van der Waals surface area contributed by atoms with Crippen molar-refractivity contribution in [2.75, 3.05) is 13.7 Å². The van der Waals surface area contributed by atoms with Gasteiger partial charge in [0.05, 0.1) is 30.9 Å². The molecule has 1 atom stereocenters. The molecule has 3 rings (SSSR count). The fraction of sp³-hybridized carbons (Fsp3) is 0.200. The van der Waals surface area contributed by atoms with Gasteiger partial charge in [-0.2, -0.15) is 0 Å². The largest absolute Gasteiger partial charge is 0.497 e. The summed E-state index contributed by atoms with van der Waals surface area (Å²) in [6, 6.07) is 14.0. The number of hydrogen-bond acceptors (Lipinski definition) is 5. The van der Waals surface area contributed by atoms with E-state index in [-0.39, 0.29) is 17.6 Å². The van der Waals surface area contributed by atoms with Gasteiger partial charge in [-0.25, -0.2) is 0 Å². The molecular formula is C20H18O5. The number of ether oxygens (including phenoxy) is 2. The van der Waals surface area contributed by atoms with Crippen molar-refractivity contribution in [3.05, 3.63) is 76.1 Å². The van der Waals surface area contributed by atoms with Crippen molar-refractivity contribution in [1.82, 2.24) is 0 Å². The molecule has 3 aromatic rings. The Labute approximate surface area is 144 Å². The Balaban J connectivity index is 2.20. The Morgan fingerprint density at radius 3 is 2.60 bits per heavy atom. The summed E-state index contributed by atoms with van der Waals surface area (Å²) in [5.41, 5.74) is 1.08. The van der Waals surface area contributed by atoms with Gasteiger partial charge in [-0.05, 0) is 30.7 Å². The van der Waals surface area contributed by atoms with Crippen molar-refractivity contribution in [1.29, 1.82) is 0 Å². The van der Waals surface area contributed by atoms with Crippen molar-refractivity contribution in [2.45, 2.75) is 12.8 Å². The van der Waals surface area contributed by atoms with Crippen LogP contribution >= 0.6 is 0 Å². The second kappa shape index (κ2) is 7.21. The topological polar surface area (TPSA) is 65.7 Å². The minimum atomic E-state index is -0.840.